The van der Waals surface area contributed by atoms with Crippen LogP contribution in [0.5, 0.6) is 0 Å². The van der Waals surface area contributed by atoms with E-state index in [2.05, 4.69) is 15.9 Å². The van der Waals surface area contributed by atoms with E-state index in [9.17, 15) is 17.9 Å². The van der Waals surface area contributed by atoms with Crippen LogP contribution in [-0.4, -0.2) is 31.0 Å². The first-order chi connectivity index (χ1) is 15.8. The summed E-state index contributed by atoms with van der Waals surface area (Å²) in [5.41, 5.74) is 3.32. The summed E-state index contributed by atoms with van der Waals surface area (Å²) in [5.74, 6) is -0.341. The third-order valence-corrected chi connectivity index (χ3v) is 9.38. The van der Waals surface area contributed by atoms with Crippen LogP contribution in [-0.2, 0) is 16.4 Å². The zero-order valence-corrected chi connectivity index (χ0v) is 20.4. The molecule has 5 rings (SSSR count). The lowest BCUT2D eigenvalue weighted by Crippen LogP contribution is -2.40. The quantitative estimate of drug-likeness (QED) is 0.503. The van der Waals surface area contributed by atoms with Gasteiger partial charge in [0.1, 0.15) is 5.82 Å². The molecule has 4 nitrogen and oxygen atoms in total. The average Bonchev–Trinajstić information content (AvgIpc) is 3.13. The molecule has 0 aromatic heterocycles. The number of aliphatic hydroxyl groups is 1. The molecule has 0 saturated carbocycles. The molecular weight excluding hydrogens is 505 g/mol. The highest BCUT2D eigenvalue weighted by Gasteiger charge is 2.56. The van der Waals surface area contributed by atoms with Gasteiger partial charge in [0.15, 0.2) is 0 Å². The lowest BCUT2D eigenvalue weighted by atomic mass is 9.67. The van der Waals surface area contributed by atoms with Crippen LogP contribution in [0.3, 0.4) is 0 Å². The fourth-order valence-corrected chi connectivity index (χ4v) is 7.27. The van der Waals surface area contributed by atoms with Crippen LogP contribution in [0.25, 0.3) is 6.08 Å². The molecule has 2 aliphatic rings. The number of aryl methyl sites for hydroxylation is 1. The van der Waals surface area contributed by atoms with E-state index in [0.29, 0.717) is 6.42 Å². The van der Waals surface area contributed by atoms with Crippen LogP contribution >= 0.6 is 15.9 Å². The lowest BCUT2D eigenvalue weighted by molar-refractivity contribution is 0.118. The molecule has 2 atom stereocenters. The second kappa shape index (κ2) is 8.17. The van der Waals surface area contributed by atoms with Gasteiger partial charge in [-0.3, -0.25) is 0 Å². The van der Waals surface area contributed by atoms with Crippen molar-refractivity contribution in [3.63, 3.8) is 0 Å². The van der Waals surface area contributed by atoms with Crippen LogP contribution in [0.2, 0.25) is 0 Å². The topological polar surface area (TPSA) is 57.6 Å². The van der Waals surface area contributed by atoms with Crippen LogP contribution in [0, 0.1) is 18.2 Å². The number of benzene rings is 3. The molecular formula is C26H23BrFNO3S. The zero-order valence-electron chi connectivity index (χ0n) is 18.0. The fraction of sp³-hybridized carbons (Fsp3) is 0.231. The van der Waals surface area contributed by atoms with Crippen molar-refractivity contribution in [2.45, 2.75) is 24.3 Å². The van der Waals surface area contributed by atoms with E-state index in [1.165, 1.54) is 16.4 Å². The van der Waals surface area contributed by atoms with Gasteiger partial charge in [0, 0.05) is 16.4 Å². The smallest absolute Gasteiger partial charge is 0.243 e. The molecule has 3 aromatic carbocycles. The summed E-state index contributed by atoms with van der Waals surface area (Å²) in [6.07, 6.45) is 2.27. The molecule has 3 aromatic rings. The zero-order chi connectivity index (χ0) is 23.4. The maximum atomic E-state index is 13.9. The lowest BCUT2D eigenvalue weighted by Gasteiger charge is -2.40. The molecule has 33 heavy (non-hydrogen) atoms. The predicted octanol–water partition coefficient (Wildman–Crippen LogP) is 5.26. The van der Waals surface area contributed by atoms with Crippen LogP contribution in [0.4, 0.5) is 4.39 Å². The normalized spacial score (nSPS) is 22.5. The summed E-state index contributed by atoms with van der Waals surface area (Å²) in [5, 5.41) is 10.8. The molecule has 0 spiro atoms. The van der Waals surface area contributed by atoms with Gasteiger partial charge in [0.25, 0.3) is 0 Å². The van der Waals surface area contributed by atoms with Gasteiger partial charge in [-0.05, 0) is 65.9 Å². The van der Waals surface area contributed by atoms with E-state index >= 15 is 0 Å². The van der Waals surface area contributed by atoms with E-state index in [4.69, 9.17) is 0 Å². The number of rotatable bonds is 4. The number of nitrogens with zero attached hydrogens (tertiary/aromatic N) is 1. The van der Waals surface area contributed by atoms with Crippen molar-refractivity contribution in [3.8, 4) is 0 Å². The molecule has 0 unspecified atom stereocenters. The second-order valence-corrected chi connectivity index (χ2v) is 11.5. The van der Waals surface area contributed by atoms with Crippen LogP contribution in [0.1, 0.15) is 28.3 Å². The number of fused-ring (bicyclic) bond motifs is 2. The Balaban J connectivity index is 1.73. The van der Waals surface area contributed by atoms with E-state index in [1.54, 1.807) is 30.3 Å². The van der Waals surface area contributed by atoms with Crippen LogP contribution in [0.15, 0.2) is 81.7 Å². The molecule has 1 aliphatic heterocycles. The first kappa shape index (κ1) is 22.5. The first-order valence-electron chi connectivity index (χ1n) is 10.7. The number of hydrogen-bond acceptors (Lipinski definition) is 3. The van der Waals surface area contributed by atoms with Crippen molar-refractivity contribution >= 4 is 32.0 Å². The number of halogens is 2. The summed E-state index contributed by atoms with van der Waals surface area (Å²) >= 11 is 3.61. The minimum atomic E-state index is -3.89. The Morgan fingerprint density at radius 2 is 1.85 bits per heavy atom. The number of sulfonamides is 1. The summed E-state index contributed by atoms with van der Waals surface area (Å²) in [4.78, 5) is 0.209. The fourth-order valence-electron chi connectivity index (χ4n) is 5.12. The third-order valence-electron chi connectivity index (χ3n) is 6.83. The van der Waals surface area contributed by atoms with Gasteiger partial charge in [0.2, 0.25) is 10.0 Å². The molecule has 0 amide bonds. The SMILES string of the molecule is Cc1ccc(S(=O)(=O)N2CC3=Cc4cc(F)ccc4C[C@]3(CO)[C@@H]2c2ccccc2Br)cc1. The Morgan fingerprint density at radius 1 is 1.12 bits per heavy atom. The van der Waals surface area contributed by atoms with Gasteiger partial charge in [0.05, 0.1) is 17.5 Å². The Morgan fingerprint density at radius 3 is 2.55 bits per heavy atom. The highest BCUT2D eigenvalue weighted by Crippen LogP contribution is 2.57. The highest BCUT2D eigenvalue weighted by atomic mass is 79.9. The minimum Gasteiger partial charge on any atom is -0.395 e. The summed E-state index contributed by atoms with van der Waals surface area (Å²) in [6.45, 7) is 1.80. The summed E-state index contributed by atoms with van der Waals surface area (Å²) in [6, 6.07) is 18.3. The summed E-state index contributed by atoms with van der Waals surface area (Å²) in [7, 11) is -3.89. The number of aliphatic hydroxyl groups excluding tert-OH is 1. The van der Waals surface area contributed by atoms with E-state index in [1.807, 2.05) is 37.3 Å². The van der Waals surface area contributed by atoms with Gasteiger partial charge in [-0.25, -0.2) is 12.8 Å². The van der Waals surface area contributed by atoms with E-state index < -0.39 is 21.5 Å². The van der Waals surface area contributed by atoms with Gasteiger partial charge >= 0.3 is 0 Å². The molecule has 1 saturated heterocycles. The minimum absolute atomic E-state index is 0.124. The monoisotopic (exact) mass is 527 g/mol. The third kappa shape index (κ3) is 3.58. The molecule has 1 heterocycles. The molecule has 170 valence electrons. The molecule has 1 N–H and O–H groups in total. The van der Waals surface area contributed by atoms with Gasteiger partial charge < -0.3 is 5.11 Å². The van der Waals surface area contributed by atoms with Crippen molar-refractivity contribution in [2.75, 3.05) is 13.2 Å². The van der Waals surface area contributed by atoms with E-state index in [-0.39, 0.29) is 23.9 Å². The van der Waals surface area contributed by atoms with Crippen molar-refractivity contribution in [3.05, 3.63) is 105 Å². The Hall–Kier alpha value is -2.32. The Labute approximate surface area is 201 Å². The molecule has 7 heteroatoms. The van der Waals surface area contributed by atoms with Crippen molar-refractivity contribution in [2.24, 2.45) is 5.41 Å². The highest BCUT2D eigenvalue weighted by molar-refractivity contribution is 9.10. The molecule has 1 fully saturated rings. The number of hydrogen-bond donors (Lipinski definition) is 1. The summed E-state index contributed by atoms with van der Waals surface area (Å²) < 4.78 is 44.0. The molecule has 0 radical (unpaired) electrons. The Kier molecular flexibility index (Phi) is 5.56. The second-order valence-electron chi connectivity index (χ2n) is 8.79. The average molecular weight is 528 g/mol. The van der Waals surface area contributed by atoms with Crippen molar-refractivity contribution < 1.29 is 17.9 Å². The first-order valence-corrected chi connectivity index (χ1v) is 12.9. The largest absolute Gasteiger partial charge is 0.395 e. The predicted molar refractivity (Wildman–Crippen MR) is 130 cm³/mol. The maximum Gasteiger partial charge on any atom is 0.243 e. The van der Waals surface area contributed by atoms with E-state index in [0.717, 1.165) is 32.3 Å². The van der Waals surface area contributed by atoms with Crippen molar-refractivity contribution in [1.82, 2.24) is 4.31 Å². The molecule has 1 aliphatic carbocycles. The van der Waals surface area contributed by atoms with Gasteiger partial charge in [-0.15, -0.1) is 0 Å². The van der Waals surface area contributed by atoms with Crippen LogP contribution < -0.4 is 0 Å². The van der Waals surface area contributed by atoms with Gasteiger partial charge in [-0.2, -0.15) is 4.31 Å². The Bertz CT molecular complexity index is 1370. The van der Waals surface area contributed by atoms with Gasteiger partial charge in [-0.1, -0.05) is 64.0 Å². The molecule has 0 bridgehead atoms. The van der Waals surface area contributed by atoms with Crippen molar-refractivity contribution in [1.29, 1.82) is 0 Å². The standard InChI is InChI=1S/C26H23BrFNO3S/c1-17-6-10-22(11-7-17)33(31,32)29-15-20-12-19-13-21(28)9-8-18(19)14-26(20,16-30)25(29)23-4-2-3-5-24(23)27/h2-13,25,30H,14-16H2,1H3/t25-,26+/m0/s1. The maximum absolute atomic E-state index is 13.9.